The van der Waals surface area contributed by atoms with Gasteiger partial charge in [-0.1, -0.05) is 18.6 Å². The van der Waals surface area contributed by atoms with Crippen LogP contribution in [0, 0.1) is 0 Å². The third-order valence-corrected chi connectivity index (χ3v) is 4.87. The fourth-order valence-corrected chi connectivity index (χ4v) is 3.27. The largest absolute Gasteiger partial charge is 0.493 e. The lowest BCUT2D eigenvalue weighted by Gasteiger charge is -2.29. The molecule has 6 nitrogen and oxygen atoms in total. The molecule has 30 heavy (non-hydrogen) atoms. The molecule has 0 fully saturated rings. The number of nitrogens with one attached hydrogen (secondary N) is 1. The predicted octanol–water partition coefficient (Wildman–Crippen LogP) is 3.67. The van der Waals surface area contributed by atoms with Crippen LogP contribution in [0.15, 0.2) is 45.1 Å². The molecule has 0 aliphatic rings. The molecule has 6 heteroatoms. The highest BCUT2D eigenvalue weighted by Crippen LogP contribution is 2.28. The molecule has 0 saturated heterocycles. The highest BCUT2D eigenvalue weighted by Gasteiger charge is 2.19. The van der Waals surface area contributed by atoms with E-state index in [1.165, 1.54) is 11.6 Å². The predicted molar refractivity (Wildman–Crippen MR) is 121 cm³/mol. The molecule has 1 aromatic heterocycles. The first-order chi connectivity index (χ1) is 14.2. The van der Waals surface area contributed by atoms with E-state index < -0.39 is 0 Å². The number of ether oxygens (including phenoxy) is 1. The van der Waals surface area contributed by atoms with Crippen molar-refractivity contribution in [3.8, 4) is 5.75 Å². The first-order valence-corrected chi connectivity index (χ1v) is 10.6. The summed E-state index contributed by atoms with van der Waals surface area (Å²) in [5.74, 6) is 0.816. The fourth-order valence-electron chi connectivity index (χ4n) is 3.27. The Hall–Kier alpha value is -2.60. The summed E-state index contributed by atoms with van der Waals surface area (Å²) >= 11 is 0. The molecule has 1 aromatic carbocycles. The summed E-state index contributed by atoms with van der Waals surface area (Å²) in [6, 6.07) is 7.07. The highest BCUT2D eigenvalue weighted by molar-refractivity contribution is 5.82. The van der Waals surface area contributed by atoms with Gasteiger partial charge in [0, 0.05) is 30.0 Å². The zero-order valence-corrected chi connectivity index (χ0v) is 18.9. The van der Waals surface area contributed by atoms with Gasteiger partial charge in [0.15, 0.2) is 6.54 Å². The van der Waals surface area contributed by atoms with Gasteiger partial charge in [-0.3, -0.25) is 4.79 Å². The van der Waals surface area contributed by atoms with E-state index in [4.69, 9.17) is 9.15 Å². The molecule has 0 atom stereocenters. The summed E-state index contributed by atoms with van der Waals surface area (Å²) in [4.78, 5) is 23.7. The summed E-state index contributed by atoms with van der Waals surface area (Å²) in [7, 11) is 4.10. The standard InChI is InChI=1S/C24H34N2O4/c1-6-14-25-22(27)17-26(4,5)15-7-16-29-21-12-9-19-10-13-23(28)30-24(19)20(21)11-8-18(2)3/h8-10,12-13H,6-7,11,14-17H2,1-5H3/p+1. The Balaban J connectivity index is 2.05. The molecule has 164 valence electrons. The van der Waals surface area contributed by atoms with E-state index in [1.807, 2.05) is 32.9 Å². The average Bonchev–Trinajstić information content (AvgIpc) is 2.67. The maximum absolute atomic E-state index is 12.0. The van der Waals surface area contributed by atoms with E-state index in [9.17, 15) is 9.59 Å². The lowest BCUT2D eigenvalue weighted by atomic mass is 10.1. The Morgan fingerprint density at radius 3 is 2.63 bits per heavy atom. The van der Waals surface area contributed by atoms with Gasteiger partial charge in [-0.2, -0.15) is 0 Å². The first kappa shape index (κ1) is 23.7. The Morgan fingerprint density at radius 1 is 1.20 bits per heavy atom. The van der Waals surface area contributed by atoms with E-state index in [1.54, 1.807) is 6.07 Å². The van der Waals surface area contributed by atoms with Gasteiger partial charge in [0.05, 0.1) is 27.2 Å². The van der Waals surface area contributed by atoms with Crippen molar-refractivity contribution in [3.05, 3.63) is 51.9 Å². The minimum Gasteiger partial charge on any atom is -0.493 e. The van der Waals surface area contributed by atoms with Crippen molar-refractivity contribution in [1.29, 1.82) is 0 Å². The van der Waals surface area contributed by atoms with Gasteiger partial charge < -0.3 is 19.0 Å². The summed E-state index contributed by atoms with van der Waals surface area (Å²) in [6.45, 7) is 8.65. The number of nitrogens with zero attached hydrogens (tertiary/aromatic N) is 1. The molecule has 0 bridgehead atoms. The van der Waals surface area contributed by atoms with Crippen molar-refractivity contribution in [2.45, 2.75) is 40.0 Å². The highest BCUT2D eigenvalue weighted by atomic mass is 16.5. The zero-order chi connectivity index (χ0) is 22.1. The van der Waals surface area contributed by atoms with Crippen molar-refractivity contribution in [1.82, 2.24) is 5.32 Å². The van der Waals surface area contributed by atoms with Crippen molar-refractivity contribution in [2.24, 2.45) is 0 Å². The van der Waals surface area contributed by atoms with Crippen LogP contribution in [-0.4, -0.2) is 50.7 Å². The van der Waals surface area contributed by atoms with Crippen LogP contribution >= 0.6 is 0 Å². The number of fused-ring (bicyclic) bond motifs is 1. The number of amides is 1. The number of hydrogen-bond donors (Lipinski definition) is 1. The lowest BCUT2D eigenvalue weighted by Crippen LogP contribution is -2.48. The van der Waals surface area contributed by atoms with Crippen LogP contribution in [0.2, 0.25) is 0 Å². The van der Waals surface area contributed by atoms with Crippen LogP contribution in [-0.2, 0) is 11.2 Å². The molecule has 0 radical (unpaired) electrons. The van der Waals surface area contributed by atoms with Crippen molar-refractivity contribution in [3.63, 3.8) is 0 Å². The van der Waals surface area contributed by atoms with E-state index in [0.717, 1.165) is 36.1 Å². The van der Waals surface area contributed by atoms with Gasteiger partial charge in [0.25, 0.3) is 5.91 Å². The Bertz CT molecular complexity index is 940. The van der Waals surface area contributed by atoms with Gasteiger partial charge in [-0.05, 0) is 44.9 Å². The monoisotopic (exact) mass is 415 g/mol. The van der Waals surface area contributed by atoms with E-state index in [0.29, 0.717) is 36.2 Å². The Morgan fingerprint density at radius 2 is 1.93 bits per heavy atom. The number of benzene rings is 1. The molecule has 0 spiro atoms. The van der Waals surface area contributed by atoms with Crippen LogP contribution in [0.5, 0.6) is 5.75 Å². The molecule has 0 saturated carbocycles. The molecule has 1 heterocycles. The summed E-state index contributed by atoms with van der Waals surface area (Å²) < 4.78 is 12.2. The summed E-state index contributed by atoms with van der Waals surface area (Å²) in [5.41, 5.74) is 2.30. The van der Waals surface area contributed by atoms with Gasteiger partial charge in [0.1, 0.15) is 11.3 Å². The second-order valence-corrected chi connectivity index (χ2v) is 8.57. The number of hydrogen-bond acceptors (Lipinski definition) is 4. The van der Waals surface area contributed by atoms with Crippen LogP contribution < -0.4 is 15.7 Å². The summed E-state index contributed by atoms with van der Waals surface area (Å²) in [5, 5.41) is 3.81. The first-order valence-electron chi connectivity index (χ1n) is 10.6. The number of likely N-dealkylation sites (N-methyl/N-ethyl adjacent to an activating group) is 1. The molecule has 2 aromatic rings. The third-order valence-electron chi connectivity index (χ3n) is 4.87. The molecule has 0 unspecified atom stereocenters. The Labute approximate surface area is 179 Å². The van der Waals surface area contributed by atoms with Gasteiger partial charge >= 0.3 is 5.63 Å². The number of carbonyl (C=O) groups excluding carboxylic acids is 1. The van der Waals surface area contributed by atoms with E-state index in [2.05, 4.69) is 25.5 Å². The van der Waals surface area contributed by atoms with Gasteiger partial charge in [-0.25, -0.2) is 4.79 Å². The van der Waals surface area contributed by atoms with Crippen LogP contribution in [0.3, 0.4) is 0 Å². The quantitative estimate of drug-likeness (QED) is 0.263. The maximum Gasteiger partial charge on any atom is 0.336 e. The smallest absolute Gasteiger partial charge is 0.336 e. The topological polar surface area (TPSA) is 68.5 Å². The number of quaternary nitrogens is 1. The lowest BCUT2D eigenvalue weighted by molar-refractivity contribution is -0.882. The number of rotatable bonds is 11. The maximum atomic E-state index is 12.0. The molecule has 0 aliphatic heterocycles. The molecule has 1 amide bonds. The van der Waals surface area contributed by atoms with Crippen LogP contribution in [0.4, 0.5) is 0 Å². The second-order valence-electron chi connectivity index (χ2n) is 8.57. The third kappa shape index (κ3) is 7.34. The molecule has 2 rings (SSSR count). The van der Waals surface area contributed by atoms with Crippen LogP contribution in [0.25, 0.3) is 11.0 Å². The van der Waals surface area contributed by atoms with Crippen molar-refractivity contribution >= 4 is 16.9 Å². The average molecular weight is 416 g/mol. The molecular formula is C24H35N2O4+. The summed E-state index contributed by atoms with van der Waals surface area (Å²) in [6.07, 6.45) is 4.49. The minimum absolute atomic E-state index is 0.0799. The van der Waals surface area contributed by atoms with Gasteiger partial charge in [-0.15, -0.1) is 0 Å². The van der Waals surface area contributed by atoms with E-state index in [-0.39, 0.29) is 11.5 Å². The SMILES string of the molecule is CCCNC(=O)C[N+](C)(C)CCCOc1ccc2ccc(=O)oc2c1CC=C(C)C. The molecule has 1 N–H and O–H groups in total. The number of allylic oxidation sites excluding steroid dienone is 2. The van der Waals surface area contributed by atoms with Crippen LogP contribution in [0.1, 0.15) is 39.2 Å². The minimum atomic E-state index is -0.363. The normalized spacial score (nSPS) is 11.4. The zero-order valence-electron chi connectivity index (χ0n) is 18.9. The van der Waals surface area contributed by atoms with Gasteiger partial charge in [0.2, 0.25) is 0 Å². The number of carbonyl (C=O) groups is 1. The molecular weight excluding hydrogens is 380 g/mol. The van der Waals surface area contributed by atoms with Crippen molar-refractivity contribution in [2.75, 3.05) is 40.3 Å². The Kier molecular flexibility index (Phi) is 8.66. The van der Waals surface area contributed by atoms with Crippen molar-refractivity contribution < 1.29 is 18.4 Å². The fraction of sp³-hybridized carbons (Fsp3) is 0.500. The second kappa shape index (κ2) is 11.0. The van der Waals surface area contributed by atoms with E-state index >= 15 is 0 Å². The molecule has 0 aliphatic carbocycles.